The highest BCUT2D eigenvalue weighted by atomic mass is 19.4. The van der Waals surface area contributed by atoms with Gasteiger partial charge < -0.3 is 23.7 Å². The average Bonchev–Trinajstić information content (AvgIpc) is 3.78. The van der Waals surface area contributed by atoms with Crippen molar-refractivity contribution in [2.75, 3.05) is 13.2 Å². The zero-order chi connectivity index (χ0) is 32.3. The molecule has 1 aliphatic carbocycles. The minimum absolute atomic E-state index is 0.176. The predicted octanol–water partition coefficient (Wildman–Crippen LogP) is 8.07. The van der Waals surface area contributed by atoms with Crippen LogP contribution in [0.5, 0.6) is 23.0 Å². The maximum Gasteiger partial charge on any atom is 0.573 e. The number of fused-ring (bicyclic) bond motifs is 3. The Kier molecular flexibility index (Phi) is 8.94. The van der Waals surface area contributed by atoms with Crippen LogP contribution in [0.3, 0.4) is 0 Å². The van der Waals surface area contributed by atoms with Crippen LogP contribution >= 0.6 is 0 Å². The highest BCUT2D eigenvalue weighted by molar-refractivity contribution is 5.92. The molecule has 0 spiro atoms. The average molecular weight is 637 g/mol. The second kappa shape index (κ2) is 13.2. The number of alkyl halides is 3. The van der Waals surface area contributed by atoms with Gasteiger partial charge in [0, 0.05) is 0 Å². The molecule has 1 unspecified atom stereocenters. The first kappa shape index (κ1) is 31.1. The third-order valence-electron chi connectivity index (χ3n) is 7.57. The molecule has 6 rings (SSSR count). The molecule has 0 aromatic heterocycles. The fourth-order valence-corrected chi connectivity index (χ4v) is 5.22. The normalized spacial score (nSPS) is 14.7. The fraction of sp³-hybridized carbons (Fsp3) is 0.257. The van der Waals surface area contributed by atoms with E-state index in [0.717, 1.165) is 60.6 Å². The second-order valence-electron chi connectivity index (χ2n) is 11.0. The summed E-state index contributed by atoms with van der Waals surface area (Å²) in [5.41, 5.74) is 3.68. The topological polar surface area (TPSA) is 83.6 Å². The van der Waals surface area contributed by atoms with E-state index >= 15 is 0 Å². The van der Waals surface area contributed by atoms with Crippen molar-refractivity contribution in [2.24, 2.45) is 0 Å². The first-order chi connectivity index (χ1) is 22.1. The number of epoxide rings is 1. The molecule has 1 saturated heterocycles. The Balaban J connectivity index is 1.02. The van der Waals surface area contributed by atoms with Crippen LogP contribution in [0.4, 0.5) is 17.6 Å². The molecule has 1 heterocycles. The van der Waals surface area contributed by atoms with Gasteiger partial charge in [-0.1, -0.05) is 18.6 Å². The lowest BCUT2D eigenvalue weighted by molar-refractivity contribution is -0.275. The largest absolute Gasteiger partial charge is 0.573 e. The number of ether oxygens (including phenoxy) is 5. The summed E-state index contributed by atoms with van der Waals surface area (Å²) in [7, 11) is 0. The van der Waals surface area contributed by atoms with Gasteiger partial charge in [0.25, 0.3) is 0 Å². The van der Waals surface area contributed by atoms with Crippen molar-refractivity contribution in [2.45, 2.75) is 44.6 Å². The first-order valence-corrected chi connectivity index (χ1v) is 14.7. The first-order valence-electron chi connectivity index (χ1n) is 14.7. The smallest absolute Gasteiger partial charge is 0.494 e. The van der Waals surface area contributed by atoms with Crippen molar-refractivity contribution >= 4 is 11.9 Å². The zero-order valence-corrected chi connectivity index (χ0v) is 24.4. The van der Waals surface area contributed by atoms with Crippen LogP contribution in [0.15, 0.2) is 78.9 Å². The van der Waals surface area contributed by atoms with Gasteiger partial charge in [0.1, 0.15) is 17.2 Å². The summed E-state index contributed by atoms with van der Waals surface area (Å²) in [6.07, 6.45) is 0.124. The van der Waals surface area contributed by atoms with Crippen LogP contribution in [-0.4, -0.2) is 37.6 Å². The molecule has 11 heteroatoms. The van der Waals surface area contributed by atoms with E-state index in [4.69, 9.17) is 18.9 Å². The quantitative estimate of drug-likeness (QED) is 0.0450. The number of esters is 2. The van der Waals surface area contributed by atoms with Gasteiger partial charge in [-0.2, -0.15) is 0 Å². The van der Waals surface area contributed by atoms with E-state index in [1.54, 1.807) is 54.6 Å². The van der Waals surface area contributed by atoms with Gasteiger partial charge in [-0.25, -0.2) is 14.0 Å². The summed E-state index contributed by atoms with van der Waals surface area (Å²) >= 11 is 0. The van der Waals surface area contributed by atoms with E-state index in [1.165, 1.54) is 0 Å². The van der Waals surface area contributed by atoms with Crippen LogP contribution in [0.1, 0.15) is 57.5 Å². The van der Waals surface area contributed by atoms with Crippen molar-refractivity contribution in [1.82, 2.24) is 0 Å². The zero-order valence-electron chi connectivity index (χ0n) is 24.4. The molecule has 4 aromatic carbocycles. The number of carbonyl (C=O) groups is 2. The summed E-state index contributed by atoms with van der Waals surface area (Å²) in [5.74, 6) is -2.62. The number of hydrogen-bond donors (Lipinski definition) is 0. The predicted molar refractivity (Wildman–Crippen MR) is 158 cm³/mol. The van der Waals surface area contributed by atoms with E-state index in [2.05, 4.69) is 4.74 Å². The molecule has 46 heavy (non-hydrogen) atoms. The Labute approximate surface area is 261 Å². The molecule has 1 atom stereocenters. The third kappa shape index (κ3) is 7.84. The fourth-order valence-electron chi connectivity index (χ4n) is 5.22. The van der Waals surface area contributed by atoms with Crippen molar-refractivity contribution in [3.05, 3.63) is 107 Å². The Hall–Kier alpha value is -4.90. The molecule has 1 aliphatic heterocycles. The molecule has 4 aromatic rings. The lowest BCUT2D eigenvalue weighted by Crippen LogP contribution is -2.18. The molecule has 0 radical (unpaired) electrons. The summed E-state index contributed by atoms with van der Waals surface area (Å²) in [5, 5.41) is 0. The molecule has 0 N–H and O–H groups in total. The molecule has 0 amide bonds. The van der Waals surface area contributed by atoms with E-state index in [9.17, 15) is 27.2 Å². The lowest BCUT2D eigenvalue weighted by Gasteiger charge is -2.11. The van der Waals surface area contributed by atoms with Crippen LogP contribution in [-0.2, 0) is 11.2 Å². The van der Waals surface area contributed by atoms with Gasteiger partial charge in [-0.15, -0.1) is 13.2 Å². The summed E-state index contributed by atoms with van der Waals surface area (Å²) < 4.78 is 76.8. The molecule has 7 nitrogen and oxygen atoms in total. The van der Waals surface area contributed by atoms with Gasteiger partial charge in [0.05, 0.1) is 30.4 Å². The summed E-state index contributed by atoms with van der Waals surface area (Å²) in [4.78, 5) is 25.4. The van der Waals surface area contributed by atoms with E-state index < -0.39 is 29.9 Å². The molecule has 2 aliphatic rings. The Morgan fingerprint density at radius 2 is 1.33 bits per heavy atom. The van der Waals surface area contributed by atoms with Crippen molar-refractivity contribution in [3.63, 3.8) is 0 Å². The van der Waals surface area contributed by atoms with Gasteiger partial charge in [0.15, 0.2) is 11.6 Å². The maximum atomic E-state index is 14.1. The number of unbranched alkanes of at least 4 members (excludes halogenated alkanes) is 2. The maximum absolute atomic E-state index is 14.1. The minimum Gasteiger partial charge on any atom is -0.494 e. The molecule has 238 valence electrons. The highest BCUT2D eigenvalue weighted by Crippen LogP contribution is 2.40. The summed E-state index contributed by atoms with van der Waals surface area (Å²) in [6.45, 7) is 1.49. The van der Waals surface area contributed by atoms with Crippen molar-refractivity contribution in [1.29, 1.82) is 0 Å². The van der Waals surface area contributed by atoms with Crippen LogP contribution in [0, 0.1) is 5.82 Å². The molecule has 0 saturated carbocycles. The Bertz CT molecular complexity index is 1750. The number of benzene rings is 4. The minimum atomic E-state index is -5.07. The van der Waals surface area contributed by atoms with Crippen molar-refractivity contribution in [3.8, 4) is 34.1 Å². The standard InChI is InChI=1S/C35H28F4O7/c36-31-19-22(7-14-32(31)46-35(37,38)39)34(41)45-27-11-13-30-24(18-27)16-23-17-26(10-12-29(23)30)44-33(40)21-5-8-25(9-6-21)42-15-3-1-2-4-28-20-43-28/h5-14,17-19,28H,1-4,15-16,20H2. The van der Waals surface area contributed by atoms with Crippen LogP contribution in [0.2, 0.25) is 0 Å². The van der Waals surface area contributed by atoms with E-state index in [1.807, 2.05) is 6.07 Å². The number of rotatable bonds is 12. The number of carbonyl (C=O) groups excluding carboxylic acids is 2. The highest BCUT2D eigenvalue weighted by Gasteiger charge is 2.32. The van der Waals surface area contributed by atoms with E-state index in [-0.39, 0.29) is 11.3 Å². The van der Waals surface area contributed by atoms with Gasteiger partial charge in [-0.3, -0.25) is 0 Å². The second-order valence-corrected chi connectivity index (χ2v) is 11.0. The summed E-state index contributed by atoms with van der Waals surface area (Å²) in [6, 6.07) is 19.4. The molecule has 1 fully saturated rings. The number of hydrogen-bond acceptors (Lipinski definition) is 7. The monoisotopic (exact) mass is 636 g/mol. The van der Waals surface area contributed by atoms with Gasteiger partial charge >= 0.3 is 18.3 Å². The van der Waals surface area contributed by atoms with Gasteiger partial charge in [0.2, 0.25) is 0 Å². The molecular formula is C35H28F4O7. The third-order valence-corrected chi connectivity index (χ3v) is 7.57. The Morgan fingerprint density at radius 3 is 1.91 bits per heavy atom. The number of halogens is 4. The molecular weight excluding hydrogens is 608 g/mol. The van der Waals surface area contributed by atoms with Crippen LogP contribution in [0.25, 0.3) is 11.1 Å². The van der Waals surface area contributed by atoms with Crippen molar-refractivity contribution < 1.29 is 50.8 Å². The SMILES string of the molecule is O=C(Oc1ccc2c(c1)Cc1cc(OC(=O)c3ccc(OC(F)(F)F)c(F)c3)ccc1-2)c1ccc(OCCCCCC2CO2)cc1. The van der Waals surface area contributed by atoms with Crippen LogP contribution < -0.4 is 18.9 Å². The van der Waals surface area contributed by atoms with Gasteiger partial charge in [-0.05, 0) is 115 Å². The lowest BCUT2D eigenvalue weighted by atomic mass is 10.1. The Morgan fingerprint density at radius 1 is 0.739 bits per heavy atom. The van der Waals surface area contributed by atoms with E-state index in [0.29, 0.717) is 48.3 Å². The molecule has 0 bridgehead atoms.